The fraction of sp³-hybridized carbons (Fsp3) is 0.500. The zero-order valence-corrected chi connectivity index (χ0v) is 15.8. The highest BCUT2D eigenvalue weighted by molar-refractivity contribution is 6.28. The van der Waals surface area contributed by atoms with E-state index in [4.69, 9.17) is 11.6 Å². The van der Waals surface area contributed by atoms with Gasteiger partial charge in [0.25, 0.3) is 0 Å². The van der Waals surface area contributed by atoms with E-state index in [-0.39, 0.29) is 41.8 Å². The van der Waals surface area contributed by atoms with E-state index in [1.54, 1.807) is 6.92 Å². The molecule has 0 spiro atoms. The van der Waals surface area contributed by atoms with Gasteiger partial charge in [0.05, 0.1) is 12.6 Å². The molecule has 1 heterocycles. The molecule has 0 aliphatic heterocycles. The standard InChI is InChI=1S/C18H23ClF2N4O/c1-10(2)7-12(9-26)22-18-24-15(23-17(19)25-18)8-11(3)13-5-4-6-14(20)16(13)21/h4-6,10-12,26H,7-9H2,1-3H3,(H,22,23,24,25)/t11?,12-/m1/s1. The Morgan fingerprint density at radius 1 is 1.15 bits per heavy atom. The van der Waals surface area contributed by atoms with Crippen molar-refractivity contribution in [2.75, 3.05) is 11.9 Å². The molecule has 0 aliphatic rings. The van der Waals surface area contributed by atoms with Crippen LogP contribution >= 0.6 is 11.6 Å². The summed E-state index contributed by atoms with van der Waals surface area (Å²) in [5.74, 6) is -1.09. The molecular weight excluding hydrogens is 362 g/mol. The Bertz CT molecular complexity index is 745. The molecular formula is C18H23ClF2N4O. The third-order valence-corrected chi connectivity index (χ3v) is 4.13. The Balaban J connectivity index is 2.17. The number of hydrogen-bond acceptors (Lipinski definition) is 5. The second kappa shape index (κ2) is 9.19. The van der Waals surface area contributed by atoms with Crippen LogP contribution in [0.4, 0.5) is 14.7 Å². The molecule has 2 N–H and O–H groups in total. The number of aliphatic hydroxyl groups is 1. The number of halogens is 3. The second-order valence-corrected chi connectivity index (χ2v) is 7.08. The summed E-state index contributed by atoms with van der Waals surface area (Å²) in [6.45, 7) is 5.79. The van der Waals surface area contributed by atoms with Crippen LogP contribution in [0.1, 0.15) is 44.5 Å². The van der Waals surface area contributed by atoms with Gasteiger partial charge in [-0.15, -0.1) is 0 Å². The molecule has 2 atom stereocenters. The van der Waals surface area contributed by atoms with Gasteiger partial charge in [-0.3, -0.25) is 0 Å². The molecule has 1 unspecified atom stereocenters. The first kappa shape index (κ1) is 20.5. The molecule has 1 aromatic heterocycles. The van der Waals surface area contributed by atoms with Crippen molar-refractivity contribution in [2.24, 2.45) is 5.92 Å². The summed E-state index contributed by atoms with van der Waals surface area (Å²) in [6.07, 6.45) is 1.01. The highest BCUT2D eigenvalue weighted by atomic mass is 35.5. The summed E-state index contributed by atoms with van der Waals surface area (Å²) in [4.78, 5) is 12.4. The van der Waals surface area contributed by atoms with Crippen LogP contribution in [-0.2, 0) is 6.42 Å². The summed E-state index contributed by atoms with van der Waals surface area (Å²) in [5.41, 5.74) is 0.254. The van der Waals surface area contributed by atoms with Crippen LogP contribution < -0.4 is 5.32 Å². The summed E-state index contributed by atoms with van der Waals surface area (Å²) in [7, 11) is 0. The van der Waals surface area contributed by atoms with E-state index in [1.165, 1.54) is 12.1 Å². The molecule has 0 fully saturated rings. The highest BCUT2D eigenvalue weighted by Gasteiger charge is 2.18. The van der Waals surface area contributed by atoms with E-state index in [9.17, 15) is 13.9 Å². The Kier molecular flexibility index (Phi) is 7.23. The van der Waals surface area contributed by atoms with E-state index in [0.717, 1.165) is 12.5 Å². The predicted octanol–water partition coefficient (Wildman–Crippen LogP) is 3.97. The van der Waals surface area contributed by atoms with Crippen molar-refractivity contribution in [3.63, 3.8) is 0 Å². The molecule has 26 heavy (non-hydrogen) atoms. The van der Waals surface area contributed by atoms with Gasteiger partial charge < -0.3 is 10.4 Å². The number of nitrogens with one attached hydrogen (secondary N) is 1. The van der Waals surface area contributed by atoms with Gasteiger partial charge in [0, 0.05) is 6.42 Å². The molecule has 0 bridgehead atoms. The first-order valence-corrected chi connectivity index (χ1v) is 8.89. The molecule has 2 rings (SSSR count). The highest BCUT2D eigenvalue weighted by Crippen LogP contribution is 2.24. The van der Waals surface area contributed by atoms with Gasteiger partial charge in [-0.25, -0.2) is 13.8 Å². The normalized spacial score (nSPS) is 13.7. The van der Waals surface area contributed by atoms with Crippen molar-refractivity contribution in [1.29, 1.82) is 0 Å². The number of anilines is 1. The summed E-state index contributed by atoms with van der Waals surface area (Å²) in [6, 6.07) is 3.88. The van der Waals surface area contributed by atoms with Gasteiger partial charge in [0.2, 0.25) is 11.2 Å². The lowest BCUT2D eigenvalue weighted by molar-refractivity contribution is 0.259. The predicted molar refractivity (Wildman–Crippen MR) is 97.3 cm³/mol. The molecule has 2 aromatic rings. The van der Waals surface area contributed by atoms with Crippen molar-refractivity contribution in [3.8, 4) is 0 Å². The van der Waals surface area contributed by atoms with E-state index < -0.39 is 11.6 Å². The maximum atomic E-state index is 14.0. The van der Waals surface area contributed by atoms with Crippen molar-refractivity contribution in [1.82, 2.24) is 15.0 Å². The topological polar surface area (TPSA) is 70.9 Å². The minimum atomic E-state index is -0.884. The SMILES string of the molecule is CC(C)C[C@H](CO)Nc1nc(Cl)nc(CC(C)c2cccc(F)c2F)n1. The van der Waals surface area contributed by atoms with Crippen molar-refractivity contribution in [2.45, 2.75) is 45.6 Å². The Morgan fingerprint density at radius 2 is 1.88 bits per heavy atom. The van der Waals surface area contributed by atoms with E-state index in [2.05, 4.69) is 20.3 Å². The number of nitrogens with zero attached hydrogens (tertiary/aromatic N) is 3. The smallest absolute Gasteiger partial charge is 0.227 e. The van der Waals surface area contributed by atoms with Crippen LogP contribution in [0, 0.1) is 17.6 Å². The first-order chi connectivity index (χ1) is 12.3. The first-order valence-electron chi connectivity index (χ1n) is 8.51. The van der Waals surface area contributed by atoms with Crippen molar-refractivity contribution in [3.05, 3.63) is 46.5 Å². The largest absolute Gasteiger partial charge is 0.394 e. The van der Waals surface area contributed by atoms with Crippen molar-refractivity contribution < 1.29 is 13.9 Å². The molecule has 0 radical (unpaired) electrons. The van der Waals surface area contributed by atoms with Gasteiger partial charge in [0.15, 0.2) is 11.6 Å². The maximum Gasteiger partial charge on any atom is 0.227 e. The molecule has 1 aromatic carbocycles. The molecule has 142 valence electrons. The number of benzene rings is 1. The van der Waals surface area contributed by atoms with Crippen molar-refractivity contribution >= 4 is 17.5 Å². The van der Waals surface area contributed by atoms with Crippen LogP contribution in [-0.4, -0.2) is 32.7 Å². The quantitative estimate of drug-likeness (QED) is 0.720. The van der Waals surface area contributed by atoms with E-state index in [0.29, 0.717) is 11.7 Å². The number of rotatable bonds is 8. The average molecular weight is 385 g/mol. The lowest BCUT2D eigenvalue weighted by Crippen LogP contribution is -2.27. The minimum Gasteiger partial charge on any atom is -0.394 e. The van der Waals surface area contributed by atoms with Gasteiger partial charge in [-0.1, -0.05) is 32.9 Å². The third-order valence-electron chi connectivity index (χ3n) is 3.97. The molecule has 5 nitrogen and oxygen atoms in total. The molecule has 0 aliphatic carbocycles. The Morgan fingerprint density at radius 3 is 2.54 bits per heavy atom. The molecule has 0 amide bonds. The maximum absolute atomic E-state index is 14.0. The third kappa shape index (κ3) is 5.57. The summed E-state index contributed by atoms with van der Waals surface area (Å²) < 4.78 is 27.4. The summed E-state index contributed by atoms with van der Waals surface area (Å²) in [5, 5.41) is 12.5. The van der Waals surface area contributed by atoms with Crippen LogP contribution in [0.2, 0.25) is 5.28 Å². The fourth-order valence-electron chi connectivity index (χ4n) is 2.76. The zero-order chi connectivity index (χ0) is 19.3. The van der Waals surface area contributed by atoms with E-state index in [1.807, 2.05) is 13.8 Å². The van der Waals surface area contributed by atoms with Crippen LogP contribution in [0.5, 0.6) is 0 Å². The zero-order valence-electron chi connectivity index (χ0n) is 15.0. The van der Waals surface area contributed by atoms with Crippen LogP contribution in [0.15, 0.2) is 18.2 Å². The Labute approximate surface area is 156 Å². The van der Waals surface area contributed by atoms with Gasteiger partial charge >= 0.3 is 0 Å². The van der Waals surface area contributed by atoms with Gasteiger partial charge in [-0.2, -0.15) is 9.97 Å². The molecule has 8 heteroatoms. The number of aromatic nitrogens is 3. The average Bonchev–Trinajstić information content (AvgIpc) is 2.55. The lowest BCUT2D eigenvalue weighted by atomic mass is 9.97. The van der Waals surface area contributed by atoms with Crippen LogP contribution in [0.3, 0.4) is 0 Å². The minimum absolute atomic E-state index is 0.00523. The van der Waals surface area contributed by atoms with Gasteiger partial charge in [0.1, 0.15) is 5.82 Å². The lowest BCUT2D eigenvalue weighted by Gasteiger charge is -2.19. The Hall–Kier alpha value is -1.86. The number of aliphatic hydroxyl groups excluding tert-OH is 1. The second-order valence-electron chi connectivity index (χ2n) is 6.75. The monoisotopic (exact) mass is 384 g/mol. The molecule has 0 saturated carbocycles. The summed E-state index contributed by atoms with van der Waals surface area (Å²) >= 11 is 5.97. The van der Waals surface area contributed by atoms with Gasteiger partial charge in [-0.05, 0) is 41.5 Å². The van der Waals surface area contributed by atoms with E-state index >= 15 is 0 Å². The van der Waals surface area contributed by atoms with Crippen LogP contribution in [0.25, 0.3) is 0 Å². The molecule has 0 saturated heterocycles. The fourth-order valence-corrected chi connectivity index (χ4v) is 2.94. The number of hydrogen-bond donors (Lipinski definition) is 2.